The Morgan fingerprint density at radius 2 is 2.22 bits per heavy atom. The van der Waals surface area contributed by atoms with Crippen LogP contribution in [0, 0.1) is 0 Å². The monoisotopic (exact) mass is 129 g/mol. The van der Waals surface area contributed by atoms with Crippen LogP contribution in [0.2, 0.25) is 0 Å². The molecule has 0 saturated carbocycles. The number of hydrogen-bond donors (Lipinski definition) is 1. The highest BCUT2D eigenvalue weighted by molar-refractivity contribution is 4.77. The van der Waals surface area contributed by atoms with Gasteiger partial charge in [-0.2, -0.15) is 0 Å². The van der Waals surface area contributed by atoms with Gasteiger partial charge in [0.05, 0.1) is 6.10 Å². The number of aliphatic hydroxyl groups is 1. The minimum Gasteiger partial charge on any atom is -0.392 e. The van der Waals surface area contributed by atoms with Crippen molar-refractivity contribution in [3.05, 3.63) is 0 Å². The third-order valence-corrected chi connectivity index (χ3v) is 2.26. The van der Waals surface area contributed by atoms with E-state index in [0.717, 1.165) is 19.4 Å². The van der Waals surface area contributed by atoms with Crippen LogP contribution in [0.5, 0.6) is 0 Å². The predicted molar refractivity (Wildman–Crippen MR) is 37.3 cm³/mol. The summed E-state index contributed by atoms with van der Waals surface area (Å²) in [4.78, 5) is 2.20. The Bertz CT molecular complexity index is 84.9. The summed E-state index contributed by atoms with van der Waals surface area (Å²) >= 11 is 0. The van der Waals surface area contributed by atoms with Gasteiger partial charge in [-0.25, -0.2) is 0 Å². The van der Waals surface area contributed by atoms with Crippen LogP contribution in [0.4, 0.5) is 0 Å². The Morgan fingerprint density at radius 3 is 2.67 bits per heavy atom. The van der Waals surface area contributed by atoms with Crippen molar-refractivity contribution in [3.8, 4) is 0 Å². The Morgan fingerprint density at radius 1 is 1.56 bits per heavy atom. The average molecular weight is 129 g/mol. The van der Waals surface area contributed by atoms with Gasteiger partial charge in [-0.05, 0) is 33.4 Å². The molecule has 0 aromatic heterocycles. The van der Waals surface area contributed by atoms with Crippen molar-refractivity contribution >= 4 is 0 Å². The first-order valence-corrected chi connectivity index (χ1v) is 3.60. The van der Waals surface area contributed by atoms with Crippen LogP contribution in [0.25, 0.3) is 0 Å². The van der Waals surface area contributed by atoms with Crippen molar-refractivity contribution in [2.24, 2.45) is 0 Å². The van der Waals surface area contributed by atoms with Gasteiger partial charge >= 0.3 is 0 Å². The first kappa shape index (κ1) is 7.03. The van der Waals surface area contributed by atoms with Crippen molar-refractivity contribution in [3.63, 3.8) is 0 Å². The summed E-state index contributed by atoms with van der Waals surface area (Å²) in [5.74, 6) is 0. The molecule has 1 N–H and O–H groups in total. The van der Waals surface area contributed by atoms with Gasteiger partial charge in [0, 0.05) is 6.04 Å². The van der Waals surface area contributed by atoms with Crippen molar-refractivity contribution in [1.29, 1.82) is 0 Å². The van der Waals surface area contributed by atoms with E-state index >= 15 is 0 Å². The summed E-state index contributed by atoms with van der Waals surface area (Å²) < 4.78 is 0. The molecule has 0 unspecified atom stereocenters. The van der Waals surface area contributed by atoms with Crippen molar-refractivity contribution in [1.82, 2.24) is 4.90 Å². The molecule has 2 heteroatoms. The van der Waals surface area contributed by atoms with E-state index in [1.54, 1.807) is 0 Å². The molecule has 1 fully saturated rings. The second-order valence-corrected chi connectivity index (χ2v) is 2.93. The number of rotatable bonds is 0. The van der Waals surface area contributed by atoms with E-state index in [0.29, 0.717) is 6.04 Å². The van der Waals surface area contributed by atoms with Crippen LogP contribution in [-0.2, 0) is 0 Å². The highest BCUT2D eigenvalue weighted by Crippen LogP contribution is 2.14. The Kier molecular flexibility index (Phi) is 2.09. The van der Waals surface area contributed by atoms with E-state index in [1.807, 2.05) is 0 Å². The van der Waals surface area contributed by atoms with E-state index in [4.69, 9.17) is 0 Å². The van der Waals surface area contributed by atoms with Crippen LogP contribution >= 0.6 is 0 Å². The molecule has 0 aromatic rings. The minimum absolute atomic E-state index is 0.0938. The third kappa shape index (κ3) is 1.43. The summed E-state index contributed by atoms with van der Waals surface area (Å²) in [5.41, 5.74) is 0. The molecule has 2 atom stereocenters. The summed E-state index contributed by atoms with van der Waals surface area (Å²) in [6.07, 6.45) is 2.02. The van der Waals surface area contributed by atoms with E-state index in [2.05, 4.69) is 18.9 Å². The van der Waals surface area contributed by atoms with Gasteiger partial charge in [-0.3, -0.25) is 0 Å². The number of piperidine rings is 1. The Labute approximate surface area is 56.5 Å². The lowest BCUT2D eigenvalue weighted by Gasteiger charge is -2.33. The summed E-state index contributed by atoms with van der Waals surface area (Å²) in [7, 11) is 2.06. The van der Waals surface area contributed by atoms with Crippen LogP contribution in [0.3, 0.4) is 0 Å². The molecule has 2 nitrogen and oxygen atoms in total. The number of likely N-dealkylation sites (N-methyl/N-ethyl adjacent to an activating group) is 1. The lowest BCUT2D eigenvalue weighted by atomic mass is 10.0. The van der Waals surface area contributed by atoms with Crippen molar-refractivity contribution in [2.75, 3.05) is 13.6 Å². The van der Waals surface area contributed by atoms with Gasteiger partial charge in [0.15, 0.2) is 0 Å². The van der Waals surface area contributed by atoms with Gasteiger partial charge in [0.1, 0.15) is 0 Å². The Balaban J connectivity index is 2.41. The smallest absolute Gasteiger partial charge is 0.0693 e. The number of aliphatic hydroxyl groups excluding tert-OH is 1. The fourth-order valence-corrected chi connectivity index (χ4v) is 1.29. The normalized spacial score (nSPS) is 39.0. The zero-order chi connectivity index (χ0) is 6.85. The Hall–Kier alpha value is -0.0800. The van der Waals surface area contributed by atoms with E-state index < -0.39 is 0 Å². The second kappa shape index (κ2) is 2.67. The molecule has 0 bridgehead atoms. The molecule has 54 valence electrons. The number of hydrogen-bond acceptors (Lipinski definition) is 2. The first-order valence-electron chi connectivity index (χ1n) is 3.60. The van der Waals surface area contributed by atoms with Crippen molar-refractivity contribution < 1.29 is 5.11 Å². The zero-order valence-electron chi connectivity index (χ0n) is 6.17. The van der Waals surface area contributed by atoms with Crippen molar-refractivity contribution in [2.45, 2.75) is 31.9 Å². The summed E-state index contributed by atoms with van der Waals surface area (Å²) in [6.45, 7) is 3.21. The molecule has 1 aliphatic rings. The third-order valence-electron chi connectivity index (χ3n) is 2.26. The highest BCUT2D eigenvalue weighted by atomic mass is 16.3. The van der Waals surface area contributed by atoms with Crippen LogP contribution in [0.1, 0.15) is 19.8 Å². The van der Waals surface area contributed by atoms with Gasteiger partial charge < -0.3 is 10.0 Å². The molecule has 0 amide bonds. The molecule has 1 rings (SSSR count). The minimum atomic E-state index is -0.0938. The highest BCUT2D eigenvalue weighted by Gasteiger charge is 2.22. The van der Waals surface area contributed by atoms with E-state index in [9.17, 15) is 5.11 Å². The van der Waals surface area contributed by atoms with Gasteiger partial charge in [-0.15, -0.1) is 0 Å². The molecule has 0 spiro atoms. The number of nitrogens with zero attached hydrogens (tertiary/aromatic N) is 1. The van der Waals surface area contributed by atoms with Crippen LogP contribution < -0.4 is 0 Å². The molecular weight excluding hydrogens is 114 g/mol. The fourth-order valence-electron chi connectivity index (χ4n) is 1.29. The van der Waals surface area contributed by atoms with Gasteiger partial charge in [0.2, 0.25) is 0 Å². The molecule has 1 aliphatic heterocycles. The maximum atomic E-state index is 9.31. The fraction of sp³-hybridized carbons (Fsp3) is 1.00. The zero-order valence-corrected chi connectivity index (χ0v) is 6.17. The van der Waals surface area contributed by atoms with E-state index in [1.165, 1.54) is 0 Å². The lowest BCUT2D eigenvalue weighted by Crippen LogP contribution is -2.43. The quantitative estimate of drug-likeness (QED) is 0.513. The van der Waals surface area contributed by atoms with Crippen LogP contribution in [0.15, 0.2) is 0 Å². The van der Waals surface area contributed by atoms with Gasteiger partial charge in [-0.1, -0.05) is 0 Å². The molecule has 0 aliphatic carbocycles. The standard InChI is InChI=1S/C7H15NO/c1-6-7(9)4-3-5-8(6)2/h6-7,9H,3-5H2,1-2H3/t6-,7-/m1/s1. The average Bonchev–Trinajstić information content (AvgIpc) is 1.83. The first-order chi connectivity index (χ1) is 4.22. The van der Waals surface area contributed by atoms with Gasteiger partial charge in [0.25, 0.3) is 0 Å². The predicted octanol–water partition coefficient (Wildman–Crippen LogP) is 0.461. The maximum absolute atomic E-state index is 9.31. The topological polar surface area (TPSA) is 23.5 Å². The second-order valence-electron chi connectivity index (χ2n) is 2.93. The van der Waals surface area contributed by atoms with Crippen LogP contribution in [-0.4, -0.2) is 35.7 Å². The molecule has 1 saturated heterocycles. The molecule has 0 aromatic carbocycles. The molecular formula is C7H15NO. The molecule has 9 heavy (non-hydrogen) atoms. The summed E-state index contributed by atoms with van der Waals surface area (Å²) in [6, 6.07) is 0.360. The summed E-state index contributed by atoms with van der Waals surface area (Å²) in [5, 5.41) is 9.31. The number of likely N-dealkylation sites (tertiary alicyclic amines) is 1. The SMILES string of the molecule is C[C@@H]1[C@H](O)CCCN1C. The van der Waals surface area contributed by atoms with E-state index in [-0.39, 0.29) is 6.10 Å². The largest absolute Gasteiger partial charge is 0.392 e. The lowest BCUT2D eigenvalue weighted by molar-refractivity contribution is 0.0344. The molecule has 0 radical (unpaired) electrons. The molecule has 1 heterocycles. The maximum Gasteiger partial charge on any atom is 0.0693 e.